The first-order valence-corrected chi connectivity index (χ1v) is 10.1. The van der Waals surface area contributed by atoms with E-state index in [1.54, 1.807) is 58.6 Å². The van der Waals surface area contributed by atoms with Crippen LogP contribution in [0.15, 0.2) is 71.5 Å². The molecule has 0 aliphatic heterocycles. The Bertz CT molecular complexity index is 1400. The smallest absolute Gasteiger partial charge is 0.329 e. The first kappa shape index (κ1) is 20.9. The number of carbonyl (C=O) groups is 2. The number of amides is 2. The number of hydrogen-bond donors (Lipinski definition) is 3. The summed E-state index contributed by atoms with van der Waals surface area (Å²) in [6, 6.07) is 19.5. The van der Waals surface area contributed by atoms with Gasteiger partial charge in [0.05, 0.1) is 29.0 Å². The van der Waals surface area contributed by atoms with Gasteiger partial charge in [0.2, 0.25) is 5.91 Å². The molecule has 8 nitrogen and oxygen atoms in total. The number of imidazole rings is 1. The standard InChI is InChI=1S/C24H23N5O3/c1-15(30)26-20-13-16(23(31)27-19-8-4-3-7-18(19)25)11-12-17(20)14-29-22-10-6-5-9-21(22)28(2)24(29)32/h3-13H,14,25H2,1-2H3,(H,26,30)(H,27,31). The van der Waals surface area contributed by atoms with Gasteiger partial charge in [-0.1, -0.05) is 30.3 Å². The number of nitrogens with one attached hydrogen (secondary N) is 2. The van der Waals surface area contributed by atoms with Gasteiger partial charge in [0.25, 0.3) is 5.91 Å². The van der Waals surface area contributed by atoms with Crippen LogP contribution in [0, 0.1) is 0 Å². The molecular weight excluding hydrogens is 406 g/mol. The Hall–Kier alpha value is -4.33. The van der Waals surface area contributed by atoms with Crippen LogP contribution in [0.3, 0.4) is 0 Å². The molecule has 0 radical (unpaired) electrons. The summed E-state index contributed by atoms with van der Waals surface area (Å²) >= 11 is 0. The number of hydrogen-bond acceptors (Lipinski definition) is 4. The minimum Gasteiger partial charge on any atom is -0.397 e. The zero-order chi connectivity index (χ0) is 22.8. The largest absolute Gasteiger partial charge is 0.397 e. The third kappa shape index (κ3) is 3.98. The SMILES string of the molecule is CC(=O)Nc1cc(C(=O)Nc2ccccc2N)ccc1Cn1c(=O)n(C)c2ccccc21. The van der Waals surface area contributed by atoms with E-state index in [4.69, 9.17) is 5.73 Å². The Balaban J connectivity index is 1.70. The van der Waals surface area contributed by atoms with Gasteiger partial charge in [0.1, 0.15) is 0 Å². The van der Waals surface area contributed by atoms with Gasteiger partial charge >= 0.3 is 5.69 Å². The molecule has 32 heavy (non-hydrogen) atoms. The number of nitrogen functional groups attached to an aromatic ring is 1. The highest BCUT2D eigenvalue weighted by Gasteiger charge is 2.15. The van der Waals surface area contributed by atoms with Crippen LogP contribution >= 0.6 is 0 Å². The van der Waals surface area contributed by atoms with Crippen molar-refractivity contribution in [3.63, 3.8) is 0 Å². The number of fused-ring (bicyclic) bond motifs is 1. The topological polar surface area (TPSA) is 111 Å². The molecule has 3 aromatic carbocycles. The predicted octanol–water partition coefficient (Wildman–Crippen LogP) is 3.18. The van der Waals surface area contributed by atoms with Crippen LogP contribution in [0.5, 0.6) is 0 Å². The lowest BCUT2D eigenvalue weighted by atomic mass is 10.1. The second kappa shape index (κ2) is 8.43. The van der Waals surface area contributed by atoms with Gasteiger partial charge in [-0.3, -0.25) is 18.7 Å². The number of aromatic nitrogens is 2. The summed E-state index contributed by atoms with van der Waals surface area (Å²) in [5.74, 6) is -0.634. The molecule has 0 saturated heterocycles. The molecule has 8 heteroatoms. The lowest BCUT2D eigenvalue weighted by Gasteiger charge is -2.14. The number of nitrogens with zero attached hydrogens (tertiary/aromatic N) is 2. The fraction of sp³-hybridized carbons (Fsp3) is 0.125. The molecule has 0 spiro atoms. The van der Waals surface area contributed by atoms with Gasteiger partial charge in [-0.2, -0.15) is 0 Å². The maximum absolute atomic E-state index is 12.8. The average molecular weight is 429 g/mol. The second-order valence-electron chi connectivity index (χ2n) is 7.51. The molecule has 4 N–H and O–H groups in total. The van der Waals surface area contributed by atoms with E-state index in [0.717, 1.165) is 11.0 Å². The molecule has 0 aliphatic rings. The second-order valence-corrected chi connectivity index (χ2v) is 7.51. The van der Waals surface area contributed by atoms with Gasteiger partial charge in [0, 0.05) is 25.2 Å². The summed E-state index contributed by atoms with van der Waals surface area (Å²) in [5, 5.41) is 5.55. The molecule has 0 atom stereocenters. The third-order valence-electron chi connectivity index (χ3n) is 5.27. The van der Waals surface area contributed by atoms with Crippen molar-refractivity contribution in [2.24, 2.45) is 7.05 Å². The molecule has 0 aliphatic carbocycles. The quantitative estimate of drug-likeness (QED) is 0.423. The Morgan fingerprint density at radius 2 is 1.59 bits per heavy atom. The van der Waals surface area contributed by atoms with Crippen molar-refractivity contribution in [2.45, 2.75) is 13.5 Å². The van der Waals surface area contributed by atoms with E-state index in [2.05, 4.69) is 10.6 Å². The molecule has 162 valence electrons. The minimum atomic E-state index is -0.358. The van der Waals surface area contributed by atoms with Crippen molar-refractivity contribution in [2.75, 3.05) is 16.4 Å². The summed E-state index contributed by atoms with van der Waals surface area (Å²) in [4.78, 5) is 37.4. The molecule has 0 unspecified atom stereocenters. The van der Waals surface area contributed by atoms with Crippen LogP contribution in [0.2, 0.25) is 0 Å². The summed E-state index contributed by atoms with van der Waals surface area (Å²) in [6.45, 7) is 1.63. The number of aryl methyl sites for hydroxylation is 1. The number of benzene rings is 3. The van der Waals surface area contributed by atoms with E-state index in [-0.39, 0.29) is 24.0 Å². The van der Waals surface area contributed by atoms with Gasteiger partial charge in [-0.25, -0.2) is 4.79 Å². The van der Waals surface area contributed by atoms with Crippen molar-refractivity contribution in [1.82, 2.24) is 9.13 Å². The molecule has 4 aromatic rings. The molecule has 1 aromatic heterocycles. The Morgan fingerprint density at radius 1 is 0.906 bits per heavy atom. The van der Waals surface area contributed by atoms with E-state index in [1.807, 2.05) is 24.3 Å². The molecule has 2 amide bonds. The normalized spacial score (nSPS) is 10.8. The highest BCUT2D eigenvalue weighted by atomic mass is 16.2. The van der Waals surface area contributed by atoms with Crippen LogP contribution in [0.1, 0.15) is 22.8 Å². The summed E-state index contributed by atoms with van der Waals surface area (Å²) < 4.78 is 3.22. The zero-order valence-electron chi connectivity index (χ0n) is 17.8. The highest BCUT2D eigenvalue weighted by Crippen LogP contribution is 2.23. The number of nitrogens with two attached hydrogens (primary N) is 1. The van der Waals surface area contributed by atoms with Crippen LogP contribution in [0.25, 0.3) is 11.0 Å². The van der Waals surface area contributed by atoms with E-state index in [0.29, 0.717) is 28.2 Å². The molecule has 0 fully saturated rings. The van der Waals surface area contributed by atoms with Crippen LogP contribution in [0.4, 0.5) is 17.1 Å². The van der Waals surface area contributed by atoms with E-state index < -0.39 is 0 Å². The summed E-state index contributed by atoms with van der Waals surface area (Å²) in [7, 11) is 1.72. The van der Waals surface area contributed by atoms with Gasteiger partial charge in [-0.05, 0) is 42.0 Å². The predicted molar refractivity (Wildman–Crippen MR) is 126 cm³/mol. The van der Waals surface area contributed by atoms with Crippen molar-refractivity contribution in [3.05, 3.63) is 88.3 Å². The zero-order valence-corrected chi connectivity index (χ0v) is 17.8. The van der Waals surface area contributed by atoms with Crippen LogP contribution in [-0.2, 0) is 18.4 Å². The number of anilines is 3. The van der Waals surface area contributed by atoms with Crippen molar-refractivity contribution in [1.29, 1.82) is 0 Å². The molecule has 1 heterocycles. The Labute approximate surface area is 184 Å². The first-order chi connectivity index (χ1) is 15.3. The minimum absolute atomic E-state index is 0.165. The number of carbonyl (C=O) groups excluding carboxylic acids is 2. The van der Waals surface area contributed by atoms with E-state index in [1.165, 1.54) is 6.92 Å². The number of para-hydroxylation sites is 4. The van der Waals surface area contributed by atoms with Crippen molar-refractivity contribution in [3.8, 4) is 0 Å². The van der Waals surface area contributed by atoms with E-state index >= 15 is 0 Å². The van der Waals surface area contributed by atoms with E-state index in [9.17, 15) is 14.4 Å². The monoisotopic (exact) mass is 429 g/mol. The van der Waals surface area contributed by atoms with Gasteiger partial charge in [-0.15, -0.1) is 0 Å². The lowest BCUT2D eigenvalue weighted by Crippen LogP contribution is -2.23. The first-order valence-electron chi connectivity index (χ1n) is 10.1. The van der Waals surface area contributed by atoms with Crippen LogP contribution in [-0.4, -0.2) is 20.9 Å². The summed E-state index contributed by atoms with van der Waals surface area (Å²) in [5.41, 5.74) is 9.82. The molecular formula is C24H23N5O3. The third-order valence-corrected chi connectivity index (χ3v) is 5.27. The Kier molecular flexibility index (Phi) is 5.51. The average Bonchev–Trinajstić information content (AvgIpc) is 3.01. The molecule has 4 rings (SSSR count). The maximum Gasteiger partial charge on any atom is 0.329 e. The van der Waals surface area contributed by atoms with Gasteiger partial charge < -0.3 is 16.4 Å². The Morgan fingerprint density at radius 3 is 2.31 bits per heavy atom. The summed E-state index contributed by atoms with van der Waals surface area (Å²) in [6.07, 6.45) is 0. The van der Waals surface area contributed by atoms with Crippen molar-refractivity contribution >= 4 is 39.9 Å². The molecule has 0 saturated carbocycles. The molecule has 0 bridgehead atoms. The highest BCUT2D eigenvalue weighted by molar-refractivity contribution is 6.06. The fourth-order valence-electron chi connectivity index (χ4n) is 3.65. The fourth-order valence-corrected chi connectivity index (χ4v) is 3.65. The maximum atomic E-state index is 12.8. The number of rotatable bonds is 5. The van der Waals surface area contributed by atoms with Gasteiger partial charge in [0.15, 0.2) is 0 Å². The van der Waals surface area contributed by atoms with Crippen LogP contribution < -0.4 is 22.1 Å². The lowest BCUT2D eigenvalue weighted by molar-refractivity contribution is -0.114. The van der Waals surface area contributed by atoms with Crippen molar-refractivity contribution < 1.29 is 9.59 Å².